The van der Waals surface area contributed by atoms with Crippen molar-refractivity contribution in [1.29, 1.82) is 0 Å². The van der Waals surface area contributed by atoms with E-state index in [0.29, 0.717) is 0 Å². The fourth-order valence-electron chi connectivity index (χ4n) is 2.21. The highest BCUT2D eigenvalue weighted by atomic mass is 32.1. The highest BCUT2D eigenvalue weighted by Gasteiger charge is 2.17. The molecule has 0 amide bonds. The zero-order valence-corrected chi connectivity index (χ0v) is 10.6. The third kappa shape index (κ3) is 1.83. The zero-order chi connectivity index (χ0) is 11.0. The van der Waals surface area contributed by atoms with Crippen molar-refractivity contribution in [3.63, 3.8) is 0 Å². The van der Waals surface area contributed by atoms with Gasteiger partial charge < -0.3 is 5.11 Å². The summed E-state index contributed by atoms with van der Waals surface area (Å²) in [6.45, 7) is 0. The summed E-state index contributed by atoms with van der Waals surface area (Å²) in [7, 11) is 0. The molecular weight excluding hydrogens is 236 g/mol. The van der Waals surface area contributed by atoms with E-state index in [2.05, 4.69) is 23.6 Å². The van der Waals surface area contributed by atoms with Gasteiger partial charge in [-0.15, -0.1) is 22.7 Å². The molecule has 3 rings (SSSR count). The van der Waals surface area contributed by atoms with Crippen molar-refractivity contribution in [1.82, 2.24) is 0 Å². The Hall–Kier alpha value is -0.640. The predicted molar refractivity (Wildman–Crippen MR) is 71.2 cm³/mol. The van der Waals surface area contributed by atoms with E-state index in [-0.39, 0.29) is 6.10 Å². The molecule has 3 heteroatoms. The van der Waals surface area contributed by atoms with Gasteiger partial charge in [0.05, 0.1) is 0 Å². The highest BCUT2D eigenvalue weighted by molar-refractivity contribution is 7.26. The van der Waals surface area contributed by atoms with Crippen LogP contribution in [0.1, 0.15) is 36.7 Å². The van der Waals surface area contributed by atoms with Gasteiger partial charge >= 0.3 is 0 Å². The summed E-state index contributed by atoms with van der Waals surface area (Å²) >= 11 is 3.48. The number of hydrogen-bond donors (Lipinski definition) is 1. The second-order valence-electron chi connectivity index (χ2n) is 4.23. The Balaban J connectivity index is 1.91. The quantitative estimate of drug-likeness (QED) is 0.778. The summed E-state index contributed by atoms with van der Waals surface area (Å²) in [6.07, 6.45) is 6.56. The molecule has 1 N–H and O–H groups in total. The Labute approximate surface area is 103 Å². The first kappa shape index (κ1) is 10.5. The van der Waals surface area contributed by atoms with Crippen LogP contribution >= 0.6 is 22.7 Å². The Kier molecular flexibility index (Phi) is 2.84. The molecule has 0 saturated heterocycles. The van der Waals surface area contributed by atoms with Gasteiger partial charge in [-0.1, -0.05) is 6.08 Å². The van der Waals surface area contributed by atoms with E-state index in [1.165, 1.54) is 27.8 Å². The molecule has 16 heavy (non-hydrogen) atoms. The lowest BCUT2D eigenvalue weighted by molar-refractivity contribution is 0.212. The third-order valence-electron chi connectivity index (χ3n) is 3.11. The summed E-state index contributed by atoms with van der Waals surface area (Å²) in [6, 6.07) is 4.28. The maximum Gasteiger partial charge on any atom is 0.109 e. The van der Waals surface area contributed by atoms with Gasteiger partial charge in [-0.05, 0) is 48.8 Å². The van der Waals surface area contributed by atoms with Crippen LogP contribution in [0.25, 0.3) is 9.40 Å². The first-order valence-electron chi connectivity index (χ1n) is 5.68. The van der Waals surface area contributed by atoms with Crippen LogP contribution in [0.2, 0.25) is 0 Å². The molecule has 0 aliphatic heterocycles. The van der Waals surface area contributed by atoms with E-state index in [9.17, 15) is 5.11 Å². The predicted octanol–water partition coefficient (Wildman–Crippen LogP) is 4.50. The van der Waals surface area contributed by atoms with Gasteiger partial charge in [-0.3, -0.25) is 0 Å². The summed E-state index contributed by atoms with van der Waals surface area (Å²) in [5.74, 6) is 0. The zero-order valence-electron chi connectivity index (χ0n) is 8.98. The standard InChI is InChI=1S/C13H14OS2/c14-13(9-4-2-1-3-5-9)12-8-11-10(16-12)6-7-15-11/h4,6-8,13-14H,1-3,5H2. The highest BCUT2D eigenvalue weighted by Crippen LogP contribution is 2.38. The Morgan fingerprint density at radius 2 is 2.19 bits per heavy atom. The molecule has 0 fully saturated rings. The van der Waals surface area contributed by atoms with Crippen LogP contribution in [0.3, 0.4) is 0 Å². The van der Waals surface area contributed by atoms with E-state index in [4.69, 9.17) is 0 Å². The first-order valence-corrected chi connectivity index (χ1v) is 7.38. The SMILES string of the molecule is OC(C1=CCCCC1)c1cc2sccc2s1. The summed E-state index contributed by atoms with van der Waals surface area (Å²) in [5, 5.41) is 12.4. The minimum atomic E-state index is -0.357. The fourth-order valence-corrected chi connectivity index (χ4v) is 4.36. The van der Waals surface area contributed by atoms with Crippen molar-refractivity contribution in [2.24, 2.45) is 0 Å². The van der Waals surface area contributed by atoms with Crippen LogP contribution in [0.4, 0.5) is 0 Å². The molecule has 2 aromatic heterocycles. The smallest absolute Gasteiger partial charge is 0.109 e. The average Bonchev–Trinajstić information content (AvgIpc) is 2.89. The maximum atomic E-state index is 10.3. The lowest BCUT2D eigenvalue weighted by Gasteiger charge is -2.17. The van der Waals surface area contributed by atoms with Gasteiger partial charge in [0.1, 0.15) is 6.10 Å². The van der Waals surface area contributed by atoms with Gasteiger partial charge in [0.2, 0.25) is 0 Å². The van der Waals surface area contributed by atoms with Crippen molar-refractivity contribution in [3.8, 4) is 0 Å². The summed E-state index contributed by atoms with van der Waals surface area (Å²) in [5.41, 5.74) is 1.22. The van der Waals surface area contributed by atoms with Crippen LogP contribution in [0.5, 0.6) is 0 Å². The molecular formula is C13H14OS2. The molecule has 0 spiro atoms. The molecule has 0 saturated carbocycles. The topological polar surface area (TPSA) is 20.2 Å². The summed E-state index contributed by atoms with van der Waals surface area (Å²) < 4.78 is 2.60. The number of rotatable bonds is 2. The largest absolute Gasteiger partial charge is 0.383 e. The monoisotopic (exact) mass is 250 g/mol. The minimum Gasteiger partial charge on any atom is -0.383 e. The van der Waals surface area contributed by atoms with Crippen molar-refractivity contribution >= 4 is 32.1 Å². The molecule has 0 aromatic carbocycles. The molecule has 0 radical (unpaired) electrons. The minimum absolute atomic E-state index is 0.357. The first-order chi connectivity index (χ1) is 7.84. The van der Waals surface area contributed by atoms with Crippen molar-refractivity contribution in [3.05, 3.63) is 34.0 Å². The second kappa shape index (κ2) is 4.32. The molecule has 0 bridgehead atoms. The van der Waals surface area contributed by atoms with Crippen LogP contribution in [0.15, 0.2) is 29.2 Å². The normalized spacial score (nSPS) is 18.7. The van der Waals surface area contributed by atoms with E-state index >= 15 is 0 Å². The number of allylic oxidation sites excluding steroid dienone is 1. The fraction of sp³-hybridized carbons (Fsp3) is 0.385. The number of aliphatic hydroxyl groups excluding tert-OH is 1. The number of aliphatic hydroxyl groups is 1. The van der Waals surface area contributed by atoms with Gasteiger partial charge in [0.25, 0.3) is 0 Å². The molecule has 84 valence electrons. The average molecular weight is 250 g/mol. The summed E-state index contributed by atoms with van der Waals surface area (Å²) in [4.78, 5) is 1.11. The molecule has 2 heterocycles. The van der Waals surface area contributed by atoms with Gasteiger partial charge in [0, 0.05) is 14.3 Å². The molecule has 1 aliphatic rings. The van der Waals surface area contributed by atoms with E-state index in [0.717, 1.165) is 17.7 Å². The van der Waals surface area contributed by atoms with E-state index in [1.807, 2.05) is 0 Å². The Morgan fingerprint density at radius 3 is 2.94 bits per heavy atom. The van der Waals surface area contributed by atoms with Crippen molar-refractivity contribution < 1.29 is 5.11 Å². The number of hydrogen-bond acceptors (Lipinski definition) is 3. The second-order valence-corrected chi connectivity index (χ2v) is 6.29. The van der Waals surface area contributed by atoms with Crippen LogP contribution in [0, 0.1) is 0 Å². The molecule has 1 unspecified atom stereocenters. The lowest BCUT2D eigenvalue weighted by atomic mass is 9.95. The van der Waals surface area contributed by atoms with E-state index < -0.39 is 0 Å². The van der Waals surface area contributed by atoms with Crippen LogP contribution in [-0.2, 0) is 0 Å². The maximum absolute atomic E-state index is 10.3. The van der Waals surface area contributed by atoms with Crippen LogP contribution in [-0.4, -0.2) is 5.11 Å². The van der Waals surface area contributed by atoms with Crippen molar-refractivity contribution in [2.45, 2.75) is 31.8 Å². The Bertz CT molecular complexity index is 492. The molecule has 1 nitrogen and oxygen atoms in total. The van der Waals surface area contributed by atoms with Crippen LogP contribution < -0.4 is 0 Å². The third-order valence-corrected chi connectivity index (χ3v) is 5.25. The molecule has 1 aliphatic carbocycles. The Morgan fingerprint density at radius 1 is 1.25 bits per heavy atom. The van der Waals surface area contributed by atoms with Gasteiger partial charge in [0.15, 0.2) is 0 Å². The number of thiophene rings is 2. The lowest BCUT2D eigenvalue weighted by Crippen LogP contribution is -2.02. The molecule has 1 atom stereocenters. The van der Waals surface area contributed by atoms with Gasteiger partial charge in [-0.25, -0.2) is 0 Å². The van der Waals surface area contributed by atoms with E-state index in [1.54, 1.807) is 22.7 Å². The molecule has 2 aromatic rings. The van der Waals surface area contributed by atoms with Crippen molar-refractivity contribution in [2.75, 3.05) is 0 Å². The number of fused-ring (bicyclic) bond motifs is 1. The van der Waals surface area contributed by atoms with Gasteiger partial charge in [-0.2, -0.15) is 0 Å².